The van der Waals surface area contributed by atoms with Gasteiger partial charge >= 0.3 is 0 Å². The topological polar surface area (TPSA) is 75.3 Å². The summed E-state index contributed by atoms with van der Waals surface area (Å²) in [4.78, 5) is 12.2. The monoisotopic (exact) mass is 394 g/mol. The Labute approximate surface area is 152 Å². The lowest BCUT2D eigenvalue weighted by atomic mass is 10.2. The van der Waals surface area contributed by atoms with Gasteiger partial charge in [-0.05, 0) is 41.8 Å². The Kier molecular flexibility index (Phi) is 5.01. The van der Waals surface area contributed by atoms with Crippen molar-refractivity contribution in [3.63, 3.8) is 0 Å². The lowest BCUT2D eigenvalue weighted by molar-refractivity contribution is 0.102. The number of hydrogen-bond acceptors (Lipinski definition) is 4. The molecule has 1 aromatic heterocycles. The molecule has 0 saturated carbocycles. The lowest BCUT2D eigenvalue weighted by Gasteiger charge is -2.13. The summed E-state index contributed by atoms with van der Waals surface area (Å²) in [5, 5.41) is 4.12. The lowest BCUT2D eigenvalue weighted by Crippen LogP contribution is -2.16. The smallest absolute Gasteiger partial charge is 0.271 e. The standard InChI is InChI=1S/C17H12F2N2O3S2/c18-12-8-7-11(10-13(12)19)17(22)20-14-4-1-2-5-15(14)21-26(23,24)16-6-3-9-25-16/h1-10,21H,(H,20,22). The minimum Gasteiger partial charge on any atom is -0.320 e. The van der Waals surface area contributed by atoms with E-state index in [0.29, 0.717) is 0 Å². The molecule has 0 fully saturated rings. The van der Waals surface area contributed by atoms with Gasteiger partial charge in [0.15, 0.2) is 11.6 Å². The fourth-order valence-electron chi connectivity index (χ4n) is 2.12. The van der Waals surface area contributed by atoms with Crippen LogP contribution in [0, 0.1) is 11.6 Å². The Morgan fingerprint density at radius 1 is 0.923 bits per heavy atom. The number of carbonyl (C=O) groups is 1. The quantitative estimate of drug-likeness (QED) is 0.685. The third-order valence-electron chi connectivity index (χ3n) is 3.36. The van der Waals surface area contributed by atoms with Crippen LogP contribution in [0.2, 0.25) is 0 Å². The van der Waals surface area contributed by atoms with Crippen LogP contribution in [0.4, 0.5) is 20.2 Å². The molecule has 0 unspecified atom stereocenters. The third-order valence-corrected chi connectivity index (χ3v) is 6.12. The normalized spacial score (nSPS) is 11.2. The highest BCUT2D eigenvalue weighted by Crippen LogP contribution is 2.26. The molecule has 9 heteroatoms. The number of carbonyl (C=O) groups excluding carboxylic acids is 1. The summed E-state index contributed by atoms with van der Waals surface area (Å²) in [6.07, 6.45) is 0. The maximum Gasteiger partial charge on any atom is 0.271 e. The molecule has 3 aromatic rings. The van der Waals surface area contributed by atoms with Crippen molar-refractivity contribution in [3.05, 3.63) is 77.2 Å². The van der Waals surface area contributed by atoms with E-state index >= 15 is 0 Å². The van der Waals surface area contributed by atoms with Crippen molar-refractivity contribution in [1.29, 1.82) is 0 Å². The van der Waals surface area contributed by atoms with Crippen molar-refractivity contribution in [3.8, 4) is 0 Å². The maximum absolute atomic E-state index is 13.3. The maximum atomic E-state index is 13.3. The second kappa shape index (κ2) is 7.22. The first kappa shape index (κ1) is 18.0. The van der Waals surface area contributed by atoms with Gasteiger partial charge in [0, 0.05) is 5.56 Å². The highest BCUT2D eigenvalue weighted by molar-refractivity contribution is 7.94. The van der Waals surface area contributed by atoms with Gasteiger partial charge in [0.2, 0.25) is 0 Å². The molecule has 0 saturated heterocycles. The van der Waals surface area contributed by atoms with Crippen LogP contribution in [0.1, 0.15) is 10.4 Å². The molecule has 0 atom stereocenters. The number of thiophene rings is 1. The van der Waals surface area contributed by atoms with Crippen molar-refractivity contribution in [2.24, 2.45) is 0 Å². The molecule has 0 aliphatic rings. The van der Waals surface area contributed by atoms with E-state index in [2.05, 4.69) is 10.0 Å². The number of amides is 1. The molecular weight excluding hydrogens is 382 g/mol. The van der Waals surface area contributed by atoms with Gasteiger partial charge in [-0.15, -0.1) is 11.3 Å². The second-order valence-corrected chi connectivity index (χ2v) is 8.02. The first-order chi connectivity index (χ1) is 12.4. The SMILES string of the molecule is O=C(Nc1ccccc1NS(=O)(=O)c1cccs1)c1ccc(F)c(F)c1. The molecule has 5 nitrogen and oxygen atoms in total. The third kappa shape index (κ3) is 3.89. The molecule has 1 amide bonds. The van der Waals surface area contributed by atoms with Gasteiger partial charge in [-0.2, -0.15) is 0 Å². The number of para-hydroxylation sites is 2. The van der Waals surface area contributed by atoms with E-state index < -0.39 is 27.6 Å². The summed E-state index contributed by atoms with van der Waals surface area (Å²) in [6, 6.07) is 12.0. The fourth-order valence-corrected chi connectivity index (χ4v) is 4.20. The number of nitrogens with one attached hydrogen (secondary N) is 2. The average molecular weight is 394 g/mol. The Morgan fingerprint density at radius 2 is 1.65 bits per heavy atom. The molecule has 0 spiro atoms. The van der Waals surface area contributed by atoms with Crippen LogP contribution in [-0.4, -0.2) is 14.3 Å². The van der Waals surface area contributed by atoms with Crippen molar-refractivity contribution in [1.82, 2.24) is 0 Å². The zero-order chi connectivity index (χ0) is 18.7. The van der Waals surface area contributed by atoms with Crippen LogP contribution >= 0.6 is 11.3 Å². The van der Waals surface area contributed by atoms with Gasteiger partial charge in [-0.3, -0.25) is 9.52 Å². The first-order valence-corrected chi connectivity index (χ1v) is 9.65. The predicted molar refractivity (Wildman–Crippen MR) is 95.9 cm³/mol. The highest BCUT2D eigenvalue weighted by Gasteiger charge is 2.18. The molecule has 2 aromatic carbocycles. The van der Waals surface area contributed by atoms with Crippen LogP contribution < -0.4 is 10.0 Å². The van der Waals surface area contributed by atoms with Crippen LogP contribution in [0.25, 0.3) is 0 Å². The Balaban J connectivity index is 1.85. The number of benzene rings is 2. The summed E-state index contributed by atoms with van der Waals surface area (Å²) in [5.74, 6) is -2.92. The summed E-state index contributed by atoms with van der Waals surface area (Å²) in [7, 11) is -3.80. The zero-order valence-corrected chi connectivity index (χ0v) is 14.7. The summed E-state index contributed by atoms with van der Waals surface area (Å²) < 4.78 is 53.5. The Morgan fingerprint density at radius 3 is 2.31 bits per heavy atom. The van der Waals surface area contributed by atoms with Crippen molar-refractivity contribution < 1.29 is 22.0 Å². The number of sulfonamides is 1. The van der Waals surface area contributed by atoms with Gasteiger partial charge in [0.1, 0.15) is 4.21 Å². The zero-order valence-electron chi connectivity index (χ0n) is 13.1. The summed E-state index contributed by atoms with van der Waals surface area (Å²) in [5.41, 5.74) is 0.235. The molecule has 2 N–H and O–H groups in total. The predicted octanol–water partition coefficient (Wildman–Crippen LogP) is 4.08. The van der Waals surface area contributed by atoms with Crippen LogP contribution in [0.5, 0.6) is 0 Å². The van der Waals surface area contributed by atoms with Crippen molar-refractivity contribution >= 4 is 38.6 Å². The highest BCUT2D eigenvalue weighted by atomic mass is 32.2. The van der Waals surface area contributed by atoms with E-state index in [1.807, 2.05) is 0 Å². The van der Waals surface area contributed by atoms with Crippen LogP contribution in [-0.2, 0) is 10.0 Å². The molecule has 1 heterocycles. The number of rotatable bonds is 5. The van der Waals surface area contributed by atoms with Crippen LogP contribution in [0.3, 0.4) is 0 Å². The van der Waals surface area contributed by atoms with E-state index in [1.165, 1.54) is 18.2 Å². The van der Waals surface area contributed by atoms with E-state index in [4.69, 9.17) is 0 Å². The van der Waals surface area contributed by atoms with Crippen molar-refractivity contribution in [2.75, 3.05) is 10.0 Å². The average Bonchev–Trinajstić information content (AvgIpc) is 3.14. The van der Waals surface area contributed by atoms with E-state index in [9.17, 15) is 22.0 Å². The Bertz CT molecular complexity index is 1050. The molecule has 0 bridgehead atoms. The van der Waals surface area contributed by atoms with Gasteiger partial charge in [0.25, 0.3) is 15.9 Å². The Hall–Kier alpha value is -2.78. The molecule has 134 valence electrons. The minimum absolute atomic E-state index is 0.0974. The fraction of sp³-hybridized carbons (Fsp3) is 0. The number of hydrogen-bond donors (Lipinski definition) is 2. The number of anilines is 2. The van der Waals surface area contributed by atoms with Gasteiger partial charge in [-0.25, -0.2) is 17.2 Å². The van der Waals surface area contributed by atoms with E-state index in [1.54, 1.807) is 23.6 Å². The van der Waals surface area contributed by atoms with Crippen LogP contribution in [0.15, 0.2) is 64.2 Å². The molecule has 0 radical (unpaired) electrons. The minimum atomic E-state index is -3.80. The van der Waals surface area contributed by atoms with Gasteiger partial charge in [-0.1, -0.05) is 18.2 Å². The molecule has 0 aliphatic carbocycles. The summed E-state index contributed by atoms with van der Waals surface area (Å²) in [6.45, 7) is 0. The van der Waals surface area contributed by atoms with Crippen molar-refractivity contribution in [2.45, 2.75) is 4.21 Å². The molecule has 3 rings (SSSR count). The second-order valence-electron chi connectivity index (χ2n) is 5.17. The number of halogens is 2. The van der Waals surface area contributed by atoms with E-state index in [0.717, 1.165) is 29.5 Å². The van der Waals surface area contributed by atoms with Gasteiger partial charge in [0.05, 0.1) is 11.4 Å². The molecule has 26 heavy (non-hydrogen) atoms. The summed E-state index contributed by atoms with van der Waals surface area (Å²) >= 11 is 1.05. The largest absolute Gasteiger partial charge is 0.320 e. The molecular formula is C17H12F2N2O3S2. The van der Waals surface area contributed by atoms with E-state index in [-0.39, 0.29) is 21.1 Å². The van der Waals surface area contributed by atoms with Gasteiger partial charge < -0.3 is 5.32 Å². The first-order valence-electron chi connectivity index (χ1n) is 7.28. The molecule has 0 aliphatic heterocycles.